The first-order valence-corrected chi connectivity index (χ1v) is 6.79. The maximum atomic E-state index is 11.7. The predicted octanol–water partition coefficient (Wildman–Crippen LogP) is 2.06. The third-order valence-corrected chi connectivity index (χ3v) is 3.45. The van der Waals surface area contributed by atoms with E-state index in [9.17, 15) is 9.59 Å². The first-order valence-electron chi connectivity index (χ1n) is 6.79. The second-order valence-electron chi connectivity index (χ2n) is 6.01. The third-order valence-electron chi connectivity index (χ3n) is 3.45. The second-order valence-corrected chi connectivity index (χ2v) is 6.01. The standard InChI is InChI=1S/C14H23N3O3/c1-14(2,3)10(4-5-12(18)19)6-7-16-13(20)11-8-15-9-17-11/h8-10H,4-7H2,1-3H3,(H,15,17)(H,16,20)(H,18,19). The fourth-order valence-electron chi connectivity index (χ4n) is 2.14. The second kappa shape index (κ2) is 7.07. The topological polar surface area (TPSA) is 95.1 Å². The van der Waals surface area contributed by atoms with Crippen molar-refractivity contribution in [2.45, 2.75) is 40.0 Å². The summed E-state index contributed by atoms with van der Waals surface area (Å²) in [7, 11) is 0. The van der Waals surface area contributed by atoms with Crippen LogP contribution in [-0.4, -0.2) is 33.5 Å². The van der Waals surface area contributed by atoms with E-state index in [1.54, 1.807) is 0 Å². The third kappa shape index (κ3) is 5.42. The van der Waals surface area contributed by atoms with Crippen molar-refractivity contribution in [2.75, 3.05) is 6.54 Å². The molecule has 0 fully saturated rings. The minimum Gasteiger partial charge on any atom is -0.481 e. The van der Waals surface area contributed by atoms with E-state index in [1.165, 1.54) is 12.5 Å². The number of aromatic nitrogens is 2. The van der Waals surface area contributed by atoms with E-state index in [0.29, 0.717) is 18.7 Å². The van der Waals surface area contributed by atoms with Crippen LogP contribution in [0.5, 0.6) is 0 Å². The van der Waals surface area contributed by atoms with Crippen LogP contribution in [0.3, 0.4) is 0 Å². The Labute approximate surface area is 119 Å². The van der Waals surface area contributed by atoms with Crippen molar-refractivity contribution in [3.8, 4) is 0 Å². The molecular weight excluding hydrogens is 258 g/mol. The molecule has 1 unspecified atom stereocenters. The summed E-state index contributed by atoms with van der Waals surface area (Å²) in [6.07, 6.45) is 4.48. The van der Waals surface area contributed by atoms with E-state index >= 15 is 0 Å². The van der Waals surface area contributed by atoms with Gasteiger partial charge in [-0.3, -0.25) is 9.59 Å². The fraction of sp³-hybridized carbons (Fsp3) is 0.643. The molecule has 6 heteroatoms. The van der Waals surface area contributed by atoms with Gasteiger partial charge in [-0.15, -0.1) is 0 Å². The molecule has 0 aromatic carbocycles. The lowest BCUT2D eigenvalue weighted by atomic mass is 9.76. The number of H-pyrrole nitrogens is 1. The zero-order valence-corrected chi connectivity index (χ0v) is 12.3. The number of hydrogen-bond acceptors (Lipinski definition) is 3. The highest BCUT2D eigenvalue weighted by Crippen LogP contribution is 2.32. The molecule has 0 aliphatic heterocycles. The number of carbonyl (C=O) groups excluding carboxylic acids is 1. The number of carboxylic acid groups (broad SMARTS) is 1. The zero-order valence-electron chi connectivity index (χ0n) is 12.3. The number of imidazole rings is 1. The van der Waals surface area contributed by atoms with Crippen molar-refractivity contribution in [3.63, 3.8) is 0 Å². The van der Waals surface area contributed by atoms with E-state index in [0.717, 1.165) is 6.42 Å². The highest BCUT2D eigenvalue weighted by Gasteiger charge is 2.25. The van der Waals surface area contributed by atoms with Crippen LogP contribution in [0.25, 0.3) is 0 Å². The Hall–Kier alpha value is -1.85. The molecule has 1 aromatic heterocycles. The van der Waals surface area contributed by atoms with Gasteiger partial charge in [0.1, 0.15) is 5.69 Å². The number of amides is 1. The van der Waals surface area contributed by atoms with E-state index in [-0.39, 0.29) is 23.7 Å². The molecule has 1 atom stereocenters. The van der Waals surface area contributed by atoms with Crippen LogP contribution in [0.4, 0.5) is 0 Å². The largest absolute Gasteiger partial charge is 0.481 e. The molecule has 0 aliphatic carbocycles. The molecule has 0 spiro atoms. The first-order chi connectivity index (χ1) is 9.30. The summed E-state index contributed by atoms with van der Waals surface area (Å²) in [6, 6.07) is 0. The molecule has 6 nitrogen and oxygen atoms in total. The van der Waals surface area contributed by atoms with Crippen molar-refractivity contribution in [3.05, 3.63) is 18.2 Å². The van der Waals surface area contributed by atoms with Crippen molar-refractivity contribution >= 4 is 11.9 Å². The summed E-state index contributed by atoms with van der Waals surface area (Å²) in [6.45, 7) is 6.81. The van der Waals surface area contributed by atoms with Gasteiger partial charge in [0.2, 0.25) is 0 Å². The van der Waals surface area contributed by atoms with Gasteiger partial charge in [0, 0.05) is 13.0 Å². The lowest BCUT2D eigenvalue weighted by Crippen LogP contribution is -2.30. The van der Waals surface area contributed by atoms with Gasteiger partial charge in [0.15, 0.2) is 0 Å². The first kappa shape index (κ1) is 16.2. The Morgan fingerprint density at radius 2 is 2.10 bits per heavy atom. The van der Waals surface area contributed by atoms with Crippen molar-refractivity contribution < 1.29 is 14.7 Å². The molecule has 1 heterocycles. The van der Waals surface area contributed by atoms with Crippen LogP contribution >= 0.6 is 0 Å². The molecule has 3 N–H and O–H groups in total. The maximum Gasteiger partial charge on any atom is 0.303 e. The maximum absolute atomic E-state index is 11.7. The monoisotopic (exact) mass is 281 g/mol. The average molecular weight is 281 g/mol. The van der Waals surface area contributed by atoms with Crippen LogP contribution in [0.15, 0.2) is 12.5 Å². The van der Waals surface area contributed by atoms with Crippen molar-refractivity contribution in [2.24, 2.45) is 11.3 Å². The summed E-state index contributed by atoms with van der Waals surface area (Å²) in [4.78, 5) is 29.0. The van der Waals surface area contributed by atoms with Gasteiger partial charge in [-0.05, 0) is 24.2 Å². The van der Waals surface area contributed by atoms with E-state index < -0.39 is 5.97 Å². The number of rotatable bonds is 7. The highest BCUT2D eigenvalue weighted by atomic mass is 16.4. The highest BCUT2D eigenvalue weighted by molar-refractivity contribution is 5.91. The summed E-state index contributed by atoms with van der Waals surface area (Å²) in [5, 5.41) is 11.6. The SMILES string of the molecule is CC(C)(C)C(CCNC(=O)c1cnc[nH]1)CCC(=O)O. The van der Waals surface area contributed by atoms with Crippen LogP contribution in [0.2, 0.25) is 0 Å². The molecule has 0 radical (unpaired) electrons. The normalized spacial score (nSPS) is 12.9. The number of hydrogen-bond donors (Lipinski definition) is 3. The van der Waals surface area contributed by atoms with Crippen molar-refractivity contribution in [1.82, 2.24) is 15.3 Å². The zero-order chi connectivity index (χ0) is 15.2. The lowest BCUT2D eigenvalue weighted by molar-refractivity contribution is -0.137. The van der Waals surface area contributed by atoms with Gasteiger partial charge >= 0.3 is 5.97 Å². The lowest BCUT2D eigenvalue weighted by Gasteiger charge is -2.30. The van der Waals surface area contributed by atoms with Crippen LogP contribution in [0, 0.1) is 11.3 Å². The molecule has 0 saturated heterocycles. The Morgan fingerprint density at radius 1 is 1.40 bits per heavy atom. The molecular formula is C14H23N3O3. The minimum absolute atomic E-state index is 0.0220. The van der Waals surface area contributed by atoms with Gasteiger partial charge in [-0.25, -0.2) is 4.98 Å². The number of carboxylic acids is 1. The minimum atomic E-state index is -0.777. The van der Waals surface area contributed by atoms with Crippen molar-refractivity contribution in [1.29, 1.82) is 0 Å². The Bertz CT molecular complexity index is 435. The smallest absolute Gasteiger partial charge is 0.303 e. The molecule has 20 heavy (non-hydrogen) atoms. The fourth-order valence-corrected chi connectivity index (χ4v) is 2.14. The van der Waals surface area contributed by atoms with E-state index in [4.69, 9.17) is 5.11 Å². The van der Waals surface area contributed by atoms with Crippen LogP contribution in [-0.2, 0) is 4.79 Å². The Kier molecular flexibility index (Phi) is 5.73. The number of aliphatic carboxylic acids is 1. The van der Waals surface area contributed by atoms with E-state index in [1.807, 2.05) is 0 Å². The summed E-state index contributed by atoms with van der Waals surface area (Å²) in [5.74, 6) is -0.713. The molecule has 0 saturated carbocycles. The molecule has 0 aliphatic rings. The Balaban J connectivity index is 2.42. The predicted molar refractivity (Wildman–Crippen MR) is 75.4 cm³/mol. The quantitative estimate of drug-likeness (QED) is 0.713. The molecule has 0 bridgehead atoms. The van der Waals surface area contributed by atoms with Gasteiger partial charge in [-0.1, -0.05) is 20.8 Å². The summed E-state index contributed by atoms with van der Waals surface area (Å²) >= 11 is 0. The van der Waals surface area contributed by atoms with Gasteiger partial charge in [-0.2, -0.15) is 0 Å². The number of nitrogens with one attached hydrogen (secondary N) is 2. The number of carbonyl (C=O) groups is 2. The Morgan fingerprint density at radius 3 is 2.60 bits per heavy atom. The molecule has 1 amide bonds. The van der Waals surface area contributed by atoms with Gasteiger partial charge in [0.25, 0.3) is 5.91 Å². The van der Waals surface area contributed by atoms with Gasteiger partial charge in [0.05, 0.1) is 12.5 Å². The van der Waals surface area contributed by atoms with E-state index in [2.05, 4.69) is 36.1 Å². The van der Waals surface area contributed by atoms with Crippen LogP contribution in [0.1, 0.15) is 50.5 Å². The number of nitrogens with zero attached hydrogens (tertiary/aromatic N) is 1. The summed E-state index contributed by atoms with van der Waals surface area (Å²) in [5.41, 5.74) is 0.455. The number of aromatic amines is 1. The molecule has 112 valence electrons. The average Bonchev–Trinajstić information content (AvgIpc) is 2.84. The van der Waals surface area contributed by atoms with Gasteiger partial charge < -0.3 is 15.4 Å². The molecule has 1 aromatic rings. The molecule has 1 rings (SSSR count). The van der Waals surface area contributed by atoms with Crippen LogP contribution < -0.4 is 5.32 Å². The summed E-state index contributed by atoms with van der Waals surface area (Å²) < 4.78 is 0.